The first-order valence-corrected chi connectivity index (χ1v) is 22.0. The number of nitrogens with two attached hydrogens (primary N) is 1. The molecule has 2 bridgehead atoms. The number of anilines is 1. The molecule has 2 saturated heterocycles. The number of esters is 1. The number of carboxylic acid groups (broad SMARTS) is 1. The van der Waals surface area contributed by atoms with Crippen molar-refractivity contribution in [3.8, 4) is 5.75 Å². The van der Waals surface area contributed by atoms with Crippen molar-refractivity contribution in [1.29, 1.82) is 0 Å². The van der Waals surface area contributed by atoms with Crippen LogP contribution < -0.4 is 20.7 Å². The Morgan fingerprint density at radius 2 is 1.75 bits per heavy atom. The van der Waals surface area contributed by atoms with E-state index < -0.39 is 63.6 Å². The topological polar surface area (TPSA) is 214 Å². The summed E-state index contributed by atoms with van der Waals surface area (Å²) in [5.74, 6) is -3.51. The molecular weight excluding hydrogens is 838 g/mol. The molecule has 3 fully saturated rings. The maximum Gasteiger partial charge on any atom is 0.490 e. The number of alkyl halides is 3. The Morgan fingerprint density at radius 3 is 2.39 bits per heavy atom. The number of carboxylic acids is 1. The molecule has 9 rings (SSSR count). The number of hydrogen-bond donors (Lipinski definition) is 7. The first-order chi connectivity index (χ1) is 30.3. The molecule has 0 radical (unpaired) electrons. The summed E-state index contributed by atoms with van der Waals surface area (Å²) in [4.78, 5) is 48.9. The van der Waals surface area contributed by atoms with Gasteiger partial charge in [0.25, 0.3) is 5.91 Å². The van der Waals surface area contributed by atoms with E-state index in [0.29, 0.717) is 69.5 Å². The van der Waals surface area contributed by atoms with Gasteiger partial charge in [-0.3, -0.25) is 19.4 Å². The second-order valence-electron chi connectivity index (χ2n) is 18.6. The molecule has 64 heavy (non-hydrogen) atoms. The minimum Gasteiger partial charge on any atom is -0.496 e. The third-order valence-corrected chi connectivity index (χ3v) is 15.7. The van der Waals surface area contributed by atoms with Crippen LogP contribution in [-0.4, -0.2) is 149 Å². The predicted octanol–water partition coefficient (Wildman–Crippen LogP) is 2.91. The van der Waals surface area contributed by atoms with Gasteiger partial charge in [0.15, 0.2) is 5.60 Å². The quantitative estimate of drug-likeness (QED) is 0.103. The van der Waals surface area contributed by atoms with Gasteiger partial charge in [-0.25, -0.2) is 4.79 Å². The van der Waals surface area contributed by atoms with E-state index in [-0.39, 0.29) is 18.6 Å². The Labute approximate surface area is 369 Å². The summed E-state index contributed by atoms with van der Waals surface area (Å²) in [6.45, 7) is 7.20. The second-order valence-corrected chi connectivity index (χ2v) is 18.6. The number of aliphatic carboxylic acids is 1. The average Bonchev–Trinajstić information content (AvgIpc) is 3.93. The second kappa shape index (κ2) is 16.0. The Balaban J connectivity index is 0.000000741. The van der Waals surface area contributed by atoms with Gasteiger partial charge in [0.1, 0.15) is 17.3 Å². The molecule has 8 N–H and O–H groups in total. The first kappa shape index (κ1) is 45.8. The fourth-order valence-corrected chi connectivity index (χ4v) is 13.3. The maximum atomic E-state index is 15.3. The highest BCUT2D eigenvalue weighted by molar-refractivity contribution is 5.95. The number of likely N-dealkylation sites (N-methyl/N-ethyl adjacent to an activating group) is 1. The van der Waals surface area contributed by atoms with Crippen molar-refractivity contribution in [2.75, 3.05) is 65.6 Å². The number of piperidine rings is 1. The van der Waals surface area contributed by atoms with Crippen molar-refractivity contribution in [2.45, 2.75) is 98.8 Å². The number of carbonyl (C=O) groups is 3. The van der Waals surface area contributed by atoms with Gasteiger partial charge in [-0.15, -0.1) is 0 Å². The van der Waals surface area contributed by atoms with Gasteiger partial charge in [0.2, 0.25) is 0 Å². The van der Waals surface area contributed by atoms with Crippen LogP contribution in [0.1, 0.15) is 68.3 Å². The Morgan fingerprint density at radius 1 is 1.03 bits per heavy atom. The molecular formula is C46H59F3N6O9. The molecule has 1 aliphatic carbocycles. The monoisotopic (exact) mass is 896 g/mol. The smallest absolute Gasteiger partial charge is 0.490 e. The minimum absolute atomic E-state index is 0.0835. The number of para-hydroxylation sites is 1. The number of rotatable bonds is 7. The molecule has 6 unspecified atom stereocenters. The van der Waals surface area contributed by atoms with Crippen LogP contribution in [0.2, 0.25) is 0 Å². The van der Waals surface area contributed by atoms with Crippen molar-refractivity contribution in [3.63, 3.8) is 0 Å². The van der Waals surface area contributed by atoms with Crippen molar-refractivity contribution in [3.05, 3.63) is 70.9 Å². The van der Waals surface area contributed by atoms with E-state index in [4.69, 9.17) is 25.1 Å². The SMILES string of the molecule is CC[C@]1(O)CC2CN(CCc3c([nH]c4ccccc34)C(C(=O)OC)(c3cc4c(cc3OC)N(C)C3C(O)(C(=O)NCN)[C@H](O)[C@]5(CC)C=CCN6CCC43[C@@H]65)C2)C1.O=C(O)C(F)(F)F. The van der Waals surface area contributed by atoms with Crippen LogP contribution in [0, 0.1) is 11.3 Å². The zero-order chi connectivity index (χ0) is 46.4. The number of fused-ring (bicyclic) bond motifs is 6. The molecule has 1 spiro atoms. The highest BCUT2D eigenvalue weighted by atomic mass is 19.4. The summed E-state index contributed by atoms with van der Waals surface area (Å²) in [6, 6.07) is 11.1. The molecule has 6 aliphatic rings. The summed E-state index contributed by atoms with van der Waals surface area (Å²) >= 11 is 0. The van der Waals surface area contributed by atoms with E-state index in [1.54, 1.807) is 7.11 Å². The summed E-state index contributed by atoms with van der Waals surface area (Å²) in [5, 5.41) is 48.4. The number of ether oxygens (including phenoxy) is 2. The summed E-state index contributed by atoms with van der Waals surface area (Å²) < 4.78 is 44.0. The fraction of sp³-hybridized carbons (Fsp3) is 0.587. The van der Waals surface area contributed by atoms with E-state index in [1.807, 2.05) is 56.1 Å². The highest BCUT2D eigenvalue weighted by Crippen LogP contribution is 2.67. The number of aromatic nitrogens is 1. The third kappa shape index (κ3) is 6.41. The van der Waals surface area contributed by atoms with Gasteiger partial charge in [0, 0.05) is 84.0 Å². The lowest BCUT2D eigenvalue weighted by Crippen LogP contribution is -2.81. The summed E-state index contributed by atoms with van der Waals surface area (Å²) in [6.07, 6.45) is 0.739. The predicted molar refractivity (Wildman–Crippen MR) is 230 cm³/mol. The van der Waals surface area contributed by atoms with E-state index >= 15 is 4.79 Å². The molecule has 348 valence electrons. The molecule has 1 aromatic heterocycles. The Bertz CT molecular complexity index is 2380. The third-order valence-electron chi connectivity index (χ3n) is 15.7. The van der Waals surface area contributed by atoms with Gasteiger partial charge in [0.05, 0.1) is 32.5 Å². The zero-order valence-electron chi connectivity index (χ0n) is 36.8. The largest absolute Gasteiger partial charge is 0.496 e. The summed E-state index contributed by atoms with van der Waals surface area (Å²) in [7, 11) is 4.92. The van der Waals surface area contributed by atoms with Crippen LogP contribution in [-0.2, 0) is 36.4 Å². The first-order valence-electron chi connectivity index (χ1n) is 22.0. The van der Waals surface area contributed by atoms with Crippen LogP contribution in [0.5, 0.6) is 5.75 Å². The zero-order valence-corrected chi connectivity index (χ0v) is 36.8. The Kier molecular flexibility index (Phi) is 11.5. The number of aliphatic hydroxyl groups excluding tert-OH is 1. The summed E-state index contributed by atoms with van der Waals surface area (Å²) in [5.41, 5.74) is 4.47. The average molecular weight is 897 g/mol. The Hall–Kier alpha value is -4.72. The van der Waals surface area contributed by atoms with Gasteiger partial charge in [-0.2, -0.15) is 13.2 Å². The van der Waals surface area contributed by atoms with Crippen LogP contribution in [0.3, 0.4) is 0 Å². The van der Waals surface area contributed by atoms with Crippen LogP contribution >= 0.6 is 0 Å². The lowest BCUT2D eigenvalue weighted by Gasteiger charge is -2.63. The molecule has 15 nitrogen and oxygen atoms in total. The number of carbonyl (C=O) groups excluding carboxylic acids is 2. The molecule has 1 saturated carbocycles. The standard InChI is InChI=1S/C44H58N6O7.C2HF3O2/c1-6-40(54)21-26-22-43(39(53)57-5,34-28(13-17-49(23-26)24-40)27-11-8-9-12-31(27)47-34)30-19-29-32(20-33(30)56-4)48(3)36-42(29)15-18-50-16-10-14-41(7-2,35(42)50)37(51)44(36,55)38(52)46-25-45;3-2(4,5)1(6)7/h8-12,14,19-20,26,35-37,47,51,54-55H,6-7,13,15-18,21-25,45H2,1-5H3,(H,46,52);(H,6,7)/t26?,35-,36?,37+,40-,41+,42?,43?,44?;/m0./s1. The number of halogens is 3. The fourth-order valence-electron chi connectivity index (χ4n) is 13.3. The highest BCUT2D eigenvalue weighted by Gasteiger charge is 2.78. The number of H-pyrrole nitrogens is 1. The van der Waals surface area contributed by atoms with Crippen molar-refractivity contribution >= 4 is 34.4 Å². The number of aliphatic hydroxyl groups is 3. The molecule has 1 amide bonds. The number of hydrogen-bond acceptors (Lipinski definition) is 12. The van der Waals surface area contributed by atoms with E-state index in [0.717, 1.165) is 46.5 Å². The van der Waals surface area contributed by atoms with E-state index in [9.17, 15) is 33.3 Å². The molecule has 3 aromatic rings. The van der Waals surface area contributed by atoms with Gasteiger partial charge >= 0.3 is 18.1 Å². The number of methoxy groups -OCH3 is 2. The lowest BCUT2D eigenvalue weighted by molar-refractivity contribution is -0.203. The number of aromatic amines is 1. The number of nitrogens with one attached hydrogen (secondary N) is 2. The van der Waals surface area contributed by atoms with Crippen molar-refractivity contribution < 1.29 is 57.5 Å². The normalized spacial score (nSPS) is 35.1. The number of amides is 1. The number of nitrogens with zero attached hydrogens (tertiary/aromatic N) is 3. The van der Waals surface area contributed by atoms with Crippen LogP contribution in [0.15, 0.2) is 48.6 Å². The van der Waals surface area contributed by atoms with Crippen molar-refractivity contribution in [2.24, 2.45) is 17.1 Å². The van der Waals surface area contributed by atoms with Crippen LogP contribution in [0.25, 0.3) is 10.9 Å². The minimum atomic E-state index is -5.08. The molecule has 6 heterocycles. The molecule has 5 aliphatic heterocycles. The maximum absolute atomic E-state index is 15.3. The van der Waals surface area contributed by atoms with Crippen molar-refractivity contribution in [1.82, 2.24) is 20.1 Å². The van der Waals surface area contributed by atoms with E-state index in [1.165, 1.54) is 7.11 Å². The molecule has 18 heteroatoms. The molecule has 10 atom stereocenters. The molecule has 2 aromatic carbocycles. The van der Waals surface area contributed by atoms with Gasteiger partial charge in [-0.05, 0) is 74.2 Å². The van der Waals surface area contributed by atoms with E-state index in [2.05, 4.69) is 38.3 Å². The number of benzene rings is 2. The van der Waals surface area contributed by atoms with Gasteiger partial charge < -0.3 is 50.8 Å². The van der Waals surface area contributed by atoms with Gasteiger partial charge in [-0.1, -0.05) is 44.2 Å². The lowest BCUT2D eigenvalue weighted by atomic mass is 9.47. The van der Waals surface area contributed by atoms with Crippen LogP contribution in [0.4, 0.5) is 18.9 Å².